The van der Waals surface area contributed by atoms with Crippen LogP contribution in [0.25, 0.3) is 0 Å². The third kappa shape index (κ3) is 6.87. The van der Waals surface area contributed by atoms with Gasteiger partial charge in [0.2, 0.25) is 0 Å². The summed E-state index contributed by atoms with van der Waals surface area (Å²) in [7, 11) is 28.8. The van der Waals surface area contributed by atoms with E-state index in [1.54, 1.807) is 0 Å². The van der Waals surface area contributed by atoms with Gasteiger partial charge in [0.1, 0.15) is 0 Å². The molecule has 0 bridgehead atoms. The minimum absolute atomic E-state index is 0.0599. The fourth-order valence-electron chi connectivity index (χ4n) is 5.38. The van der Waals surface area contributed by atoms with E-state index in [4.69, 9.17) is 13.5 Å². The Morgan fingerprint density at radius 3 is 0.700 bits per heavy atom. The standard InChI is InChI=1S/C22H63N13OP4/c1-26(2)37(27(3)4,28(5)6)23-40(22-21-36,35(19)20,24-38(29(7)8,30(9)10)31(11)12)25-39(32(13)14,33(15)16)34(17)18/h21H,22H2,1-20H3. The van der Waals surface area contributed by atoms with Crippen molar-refractivity contribution in [2.75, 3.05) is 147 Å². The summed E-state index contributed by atoms with van der Waals surface area (Å²) in [6, 6.07) is 0. The molecule has 0 atom stereocenters. The molecule has 0 aromatic rings. The van der Waals surface area contributed by atoms with Crippen LogP contribution in [0, 0.1) is 0 Å². The second-order valence-electron chi connectivity index (χ2n) is 11.8. The molecule has 0 radical (unpaired) electrons. The van der Waals surface area contributed by atoms with Crippen LogP contribution in [0.3, 0.4) is 0 Å². The van der Waals surface area contributed by atoms with Gasteiger partial charge < -0.3 is 0 Å². The molecule has 0 saturated heterocycles. The minimum atomic E-state index is -4.32. The first-order valence-corrected chi connectivity index (χ1v) is 20.1. The van der Waals surface area contributed by atoms with E-state index in [0.717, 1.165) is 6.29 Å². The van der Waals surface area contributed by atoms with Gasteiger partial charge in [0.15, 0.2) is 0 Å². The number of aldehydes is 1. The Kier molecular flexibility index (Phi) is 14.6. The Labute approximate surface area is 248 Å². The summed E-state index contributed by atoms with van der Waals surface area (Å²) < 4.78 is 39.7. The summed E-state index contributed by atoms with van der Waals surface area (Å²) >= 11 is 0. The van der Waals surface area contributed by atoms with Crippen LogP contribution in [-0.4, -0.2) is 200 Å². The zero-order valence-corrected chi connectivity index (χ0v) is 32.9. The van der Waals surface area contributed by atoms with Gasteiger partial charge in [-0.05, 0) is 0 Å². The van der Waals surface area contributed by atoms with E-state index >= 15 is 0 Å². The van der Waals surface area contributed by atoms with Gasteiger partial charge in [-0.25, -0.2) is 0 Å². The molecule has 0 aliphatic heterocycles. The van der Waals surface area contributed by atoms with Crippen LogP contribution in [0.4, 0.5) is 0 Å². The van der Waals surface area contributed by atoms with Gasteiger partial charge in [-0.15, -0.1) is 0 Å². The number of carbonyl (C=O) groups is 1. The van der Waals surface area contributed by atoms with Gasteiger partial charge in [0, 0.05) is 0 Å². The van der Waals surface area contributed by atoms with Crippen LogP contribution in [0.15, 0.2) is 13.5 Å². The van der Waals surface area contributed by atoms with E-state index < -0.39 is 29.7 Å². The molecule has 0 saturated carbocycles. The summed E-state index contributed by atoms with van der Waals surface area (Å²) in [5, 5.41) is 0. The van der Waals surface area contributed by atoms with E-state index in [9.17, 15) is 4.79 Å². The Balaban J connectivity index is 9.80. The van der Waals surface area contributed by atoms with Crippen molar-refractivity contribution in [3.8, 4) is 0 Å². The van der Waals surface area contributed by atoms with E-state index in [2.05, 4.69) is 174 Å². The average Bonchev–Trinajstić information content (AvgIpc) is 2.77. The van der Waals surface area contributed by atoms with Crippen molar-refractivity contribution in [1.29, 1.82) is 0 Å². The average molecular weight is 650 g/mol. The molecular formula is C22H63N13OP4. The van der Waals surface area contributed by atoms with Crippen LogP contribution in [0.5, 0.6) is 0 Å². The van der Waals surface area contributed by atoms with E-state index in [1.165, 1.54) is 0 Å². The van der Waals surface area contributed by atoms with Crippen LogP contribution in [0.2, 0.25) is 0 Å². The SMILES string of the molecule is CN(C)P(=NP(CC=O)(N=P(N(C)C)(N(C)C)N(C)C)(N=P(N(C)C)(N(C)C)N(C)C)N(C)C)(N(C)C)N(C)C. The molecule has 14 nitrogen and oxygen atoms in total. The molecule has 242 valence electrons. The number of carbonyl (C=O) groups excluding carboxylic acids is 1. The van der Waals surface area contributed by atoms with Crippen molar-refractivity contribution < 1.29 is 4.79 Å². The number of hydrogen-bond donors (Lipinski definition) is 0. The fraction of sp³-hybridized carbons (Fsp3) is 0.955. The Hall–Kier alpha value is 0.390. The first kappa shape index (κ1) is 40.4. The topological polar surface area (TPSA) is 86.5 Å². The second-order valence-corrected chi connectivity index (χ2v) is 27.7. The summed E-state index contributed by atoms with van der Waals surface area (Å²) in [4.78, 5) is 13.1. The maximum absolute atomic E-state index is 13.1. The van der Waals surface area contributed by atoms with Crippen molar-refractivity contribution in [3.05, 3.63) is 0 Å². The van der Waals surface area contributed by atoms with Crippen LogP contribution >= 0.6 is 29.7 Å². The fourth-order valence-corrected chi connectivity index (χ4v) is 28.3. The molecule has 40 heavy (non-hydrogen) atoms. The van der Waals surface area contributed by atoms with Gasteiger partial charge in [-0.1, -0.05) is 0 Å². The second kappa shape index (κ2) is 14.4. The number of rotatable bonds is 15. The molecule has 0 heterocycles. The third-order valence-electron chi connectivity index (χ3n) is 6.96. The molecule has 0 aromatic carbocycles. The summed E-state index contributed by atoms with van der Waals surface area (Å²) in [5.41, 5.74) is 0. The van der Waals surface area contributed by atoms with E-state index in [0.29, 0.717) is 0 Å². The molecule has 0 fully saturated rings. The Morgan fingerprint density at radius 1 is 0.425 bits per heavy atom. The Bertz CT molecular complexity index is 824. The van der Waals surface area contributed by atoms with E-state index in [-0.39, 0.29) is 6.16 Å². The van der Waals surface area contributed by atoms with Crippen molar-refractivity contribution in [3.63, 3.8) is 0 Å². The van der Waals surface area contributed by atoms with Crippen LogP contribution in [-0.2, 0) is 4.79 Å². The van der Waals surface area contributed by atoms with Crippen molar-refractivity contribution in [1.82, 2.24) is 46.7 Å². The monoisotopic (exact) mass is 649 g/mol. The normalized spacial score (nSPS) is 15.5. The van der Waals surface area contributed by atoms with Gasteiger partial charge in [-0.3, -0.25) is 0 Å². The first-order chi connectivity index (χ1) is 17.9. The summed E-state index contributed by atoms with van der Waals surface area (Å²) in [5.74, 6) is 0. The zero-order valence-electron chi connectivity index (χ0n) is 29.3. The van der Waals surface area contributed by atoms with Gasteiger partial charge >= 0.3 is 248 Å². The Morgan fingerprint density at radius 2 is 0.600 bits per heavy atom. The molecule has 0 rings (SSSR count). The van der Waals surface area contributed by atoms with Crippen molar-refractivity contribution >= 4 is 36.0 Å². The number of nitrogens with zero attached hydrogens (tertiary/aromatic N) is 13. The van der Waals surface area contributed by atoms with Crippen LogP contribution in [0.1, 0.15) is 0 Å². The third-order valence-corrected chi connectivity index (χ3v) is 26.3. The molecule has 0 aromatic heterocycles. The van der Waals surface area contributed by atoms with Crippen molar-refractivity contribution in [2.45, 2.75) is 0 Å². The summed E-state index contributed by atoms with van der Waals surface area (Å²) in [6.45, 7) is 0. The molecule has 0 aliphatic carbocycles. The molecule has 0 aliphatic rings. The summed E-state index contributed by atoms with van der Waals surface area (Å²) in [6.07, 6.45) is 1.04. The van der Waals surface area contributed by atoms with Crippen molar-refractivity contribution in [2.24, 2.45) is 13.5 Å². The first-order valence-electron chi connectivity index (χ1n) is 13.1. The van der Waals surface area contributed by atoms with Gasteiger partial charge in [0.05, 0.1) is 0 Å². The maximum atomic E-state index is 13.1. The molecule has 0 N–H and O–H groups in total. The predicted molar refractivity (Wildman–Crippen MR) is 183 cm³/mol. The van der Waals surface area contributed by atoms with Gasteiger partial charge in [-0.2, -0.15) is 0 Å². The molecule has 0 unspecified atom stereocenters. The van der Waals surface area contributed by atoms with E-state index in [1.807, 2.05) is 14.1 Å². The molecule has 0 amide bonds. The molecular weight excluding hydrogens is 586 g/mol. The number of hydrogen-bond acceptors (Lipinski definition) is 5. The predicted octanol–water partition coefficient (Wildman–Crippen LogP) is 3.85. The molecule has 0 spiro atoms. The quantitative estimate of drug-likeness (QED) is 0.192. The zero-order chi connectivity index (χ0) is 32.3. The van der Waals surface area contributed by atoms with Crippen LogP contribution < -0.4 is 0 Å². The van der Waals surface area contributed by atoms with Gasteiger partial charge in [0.25, 0.3) is 0 Å². The molecule has 18 heteroatoms.